The van der Waals surface area contributed by atoms with Gasteiger partial charge in [-0.15, -0.1) is 5.10 Å². The SMILES string of the molecule is COc1ccc(-c2nc(SC(C)C(=O)NC3CCS(=O)(=O)C3)n[nH]2)c(OC)c1. The van der Waals surface area contributed by atoms with Crippen molar-refractivity contribution in [3.8, 4) is 22.9 Å². The number of aromatic amines is 1. The molecule has 2 heterocycles. The van der Waals surface area contributed by atoms with E-state index in [9.17, 15) is 13.2 Å². The monoisotopic (exact) mass is 426 g/mol. The molecule has 1 saturated heterocycles. The number of thioether (sulfide) groups is 1. The van der Waals surface area contributed by atoms with Crippen molar-refractivity contribution in [2.24, 2.45) is 0 Å². The first-order valence-electron chi connectivity index (χ1n) is 8.63. The average Bonchev–Trinajstić information content (AvgIpc) is 3.26. The molecule has 1 amide bonds. The molecule has 152 valence electrons. The van der Waals surface area contributed by atoms with Crippen molar-refractivity contribution in [1.29, 1.82) is 0 Å². The van der Waals surface area contributed by atoms with E-state index in [1.165, 1.54) is 11.8 Å². The lowest BCUT2D eigenvalue weighted by Crippen LogP contribution is -2.39. The maximum atomic E-state index is 12.3. The van der Waals surface area contributed by atoms with Crippen LogP contribution in [0.3, 0.4) is 0 Å². The van der Waals surface area contributed by atoms with Gasteiger partial charge in [-0.3, -0.25) is 9.89 Å². The van der Waals surface area contributed by atoms with Crippen molar-refractivity contribution < 1.29 is 22.7 Å². The van der Waals surface area contributed by atoms with Gasteiger partial charge in [-0.1, -0.05) is 11.8 Å². The molecule has 2 unspecified atom stereocenters. The molecular weight excluding hydrogens is 404 g/mol. The Labute approximate surface area is 167 Å². The van der Waals surface area contributed by atoms with E-state index < -0.39 is 15.1 Å². The highest BCUT2D eigenvalue weighted by molar-refractivity contribution is 8.00. The van der Waals surface area contributed by atoms with Crippen molar-refractivity contribution in [3.05, 3.63) is 18.2 Å². The number of sulfone groups is 1. The van der Waals surface area contributed by atoms with E-state index in [4.69, 9.17) is 9.47 Å². The van der Waals surface area contributed by atoms with Crippen LogP contribution in [-0.2, 0) is 14.6 Å². The Bertz CT molecular complexity index is 960. The maximum Gasteiger partial charge on any atom is 0.233 e. The predicted octanol–water partition coefficient (Wildman–Crippen LogP) is 1.27. The topological polar surface area (TPSA) is 123 Å². The fourth-order valence-electron chi connectivity index (χ4n) is 2.85. The zero-order chi connectivity index (χ0) is 20.3. The van der Waals surface area contributed by atoms with E-state index in [0.717, 1.165) is 5.56 Å². The Morgan fingerprint density at radius 2 is 2.14 bits per heavy atom. The summed E-state index contributed by atoms with van der Waals surface area (Å²) in [5, 5.41) is 9.73. The number of nitrogens with zero attached hydrogens (tertiary/aromatic N) is 2. The number of H-pyrrole nitrogens is 1. The van der Waals surface area contributed by atoms with Gasteiger partial charge in [0.2, 0.25) is 11.1 Å². The molecule has 1 aliphatic rings. The van der Waals surface area contributed by atoms with E-state index in [2.05, 4.69) is 20.5 Å². The number of methoxy groups -OCH3 is 2. The second-order valence-corrected chi connectivity index (χ2v) is 9.94. The highest BCUT2D eigenvalue weighted by Crippen LogP contribution is 2.32. The fraction of sp³-hybridized carbons (Fsp3) is 0.471. The minimum atomic E-state index is -3.04. The molecule has 0 radical (unpaired) electrons. The third kappa shape index (κ3) is 4.76. The Morgan fingerprint density at radius 1 is 1.36 bits per heavy atom. The van der Waals surface area contributed by atoms with Gasteiger partial charge in [-0.05, 0) is 25.5 Å². The molecule has 0 saturated carbocycles. The third-order valence-corrected chi connectivity index (χ3v) is 7.09. The van der Waals surface area contributed by atoms with Gasteiger partial charge in [-0.25, -0.2) is 13.4 Å². The Balaban J connectivity index is 1.65. The lowest BCUT2D eigenvalue weighted by molar-refractivity contribution is -0.120. The summed E-state index contributed by atoms with van der Waals surface area (Å²) < 4.78 is 33.6. The summed E-state index contributed by atoms with van der Waals surface area (Å²) in [6, 6.07) is 5.02. The maximum absolute atomic E-state index is 12.3. The summed E-state index contributed by atoms with van der Waals surface area (Å²) in [5.74, 6) is 1.64. The number of hydrogen-bond donors (Lipinski definition) is 2. The van der Waals surface area contributed by atoms with Crippen LogP contribution in [0.15, 0.2) is 23.4 Å². The summed E-state index contributed by atoms with van der Waals surface area (Å²) in [5.41, 5.74) is 0.718. The van der Waals surface area contributed by atoms with Crippen LogP contribution in [0, 0.1) is 0 Å². The third-order valence-electron chi connectivity index (χ3n) is 4.36. The summed E-state index contributed by atoms with van der Waals surface area (Å²) >= 11 is 1.19. The number of carbonyl (C=O) groups is 1. The van der Waals surface area contributed by atoms with E-state index >= 15 is 0 Å². The molecule has 1 aromatic carbocycles. The van der Waals surface area contributed by atoms with Gasteiger partial charge in [0, 0.05) is 12.1 Å². The number of amides is 1. The minimum Gasteiger partial charge on any atom is -0.497 e. The first-order valence-corrected chi connectivity index (χ1v) is 11.3. The van der Waals surface area contributed by atoms with Crippen LogP contribution in [0.1, 0.15) is 13.3 Å². The van der Waals surface area contributed by atoms with Crippen LogP contribution < -0.4 is 14.8 Å². The molecule has 0 spiro atoms. The molecule has 1 aromatic heterocycles. The van der Waals surface area contributed by atoms with Crippen molar-refractivity contribution in [2.75, 3.05) is 25.7 Å². The Morgan fingerprint density at radius 3 is 2.79 bits per heavy atom. The molecule has 2 atom stereocenters. The molecule has 2 N–H and O–H groups in total. The quantitative estimate of drug-likeness (QED) is 0.635. The number of aromatic nitrogens is 3. The first-order chi connectivity index (χ1) is 13.3. The van der Waals surface area contributed by atoms with E-state index in [1.807, 2.05) is 6.07 Å². The molecule has 9 nitrogen and oxygen atoms in total. The Kier molecular flexibility index (Phi) is 6.14. The molecule has 3 rings (SSSR count). The van der Waals surface area contributed by atoms with Crippen LogP contribution >= 0.6 is 11.8 Å². The van der Waals surface area contributed by atoms with E-state index in [1.54, 1.807) is 33.3 Å². The molecular formula is C17H22N4O5S2. The normalized spacial score (nSPS) is 19.2. The summed E-state index contributed by atoms with van der Waals surface area (Å²) in [6.07, 6.45) is 0.452. The van der Waals surface area contributed by atoms with Crippen LogP contribution in [0.25, 0.3) is 11.4 Å². The number of nitrogens with one attached hydrogen (secondary N) is 2. The largest absolute Gasteiger partial charge is 0.497 e. The molecule has 2 aromatic rings. The summed E-state index contributed by atoms with van der Waals surface area (Å²) in [6.45, 7) is 1.73. The number of ether oxygens (including phenoxy) is 2. The van der Waals surface area contributed by atoms with E-state index in [-0.39, 0.29) is 23.5 Å². The van der Waals surface area contributed by atoms with Gasteiger partial charge in [-0.2, -0.15) is 0 Å². The van der Waals surface area contributed by atoms with Gasteiger partial charge in [0.1, 0.15) is 11.5 Å². The molecule has 0 bridgehead atoms. The first kappa shape index (κ1) is 20.5. The molecule has 11 heteroatoms. The standard InChI is InChI=1S/C17H22N4O5S2/c1-10(16(22)18-11-6-7-28(23,24)9-11)27-17-19-15(20-21-17)13-5-4-12(25-2)8-14(13)26-3/h4-5,8,10-11H,6-7,9H2,1-3H3,(H,18,22)(H,19,20,21). The lowest BCUT2D eigenvalue weighted by Gasteiger charge is -2.14. The average molecular weight is 427 g/mol. The van der Waals surface area contributed by atoms with Gasteiger partial charge in [0.15, 0.2) is 15.7 Å². The van der Waals surface area contributed by atoms with Gasteiger partial charge >= 0.3 is 0 Å². The summed E-state index contributed by atoms with van der Waals surface area (Å²) in [7, 11) is 0.0933. The number of hydrogen-bond acceptors (Lipinski definition) is 8. The highest BCUT2D eigenvalue weighted by Gasteiger charge is 2.30. The van der Waals surface area contributed by atoms with Crippen molar-refractivity contribution in [1.82, 2.24) is 20.5 Å². The van der Waals surface area contributed by atoms with Gasteiger partial charge in [0.25, 0.3) is 0 Å². The molecule has 0 aliphatic carbocycles. The van der Waals surface area contributed by atoms with Crippen LogP contribution in [0.4, 0.5) is 0 Å². The number of benzene rings is 1. The van der Waals surface area contributed by atoms with Crippen LogP contribution in [-0.4, -0.2) is 66.5 Å². The van der Waals surface area contributed by atoms with Crippen molar-refractivity contribution in [3.63, 3.8) is 0 Å². The van der Waals surface area contributed by atoms with Crippen molar-refractivity contribution >= 4 is 27.5 Å². The Hall–Kier alpha value is -2.27. The minimum absolute atomic E-state index is 0.00179. The number of rotatable bonds is 7. The summed E-state index contributed by atoms with van der Waals surface area (Å²) in [4.78, 5) is 16.8. The fourth-order valence-corrected chi connectivity index (χ4v) is 5.26. The highest BCUT2D eigenvalue weighted by atomic mass is 32.2. The zero-order valence-corrected chi connectivity index (χ0v) is 17.4. The van der Waals surface area contributed by atoms with Gasteiger partial charge < -0.3 is 14.8 Å². The second-order valence-electron chi connectivity index (χ2n) is 6.40. The molecule has 1 aliphatic heterocycles. The smallest absolute Gasteiger partial charge is 0.233 e. The van der Waals surface area contributed by atoms with Crippen LogP contribution in [0.2, 0.25) is 0 Å². The second kappa shape index (κ2) is 8.39. The lowest BCUT2D eigenvalue weighted by atomic mass is 10.2. The van der Waals surface area contributed by atoms with Crippen LogP contribution in [0.5, 0.6) is 11.5 Å². The number of carbonyl (C=O) groups excluding carboxylic acids is 1. The van der Waals surface area contributed by atoms with Gasteiger partial charge in [0.05, 0.1) is 36.5 Å². The predicted molar refractivity (Wildman–Crippen MR) is 105 cm³/mol. The zero-order valence-electron chi connectivity index (χ0n) is 15.8. The van der Waals surface area contributed by atoms with Crippen molar-refractivity contribution in [2.45, 2.75) is 29.8 Å². The molecule has 1 fully saturated rings. The van der Waals surface area contributed by atoms with E-state index in [0.29, 0.717) is 28.9 Å². The molecule has 28 heavy (non-hydrogen) atoms.